The fourth-order valence-electron chi connectivity index (χ4n) is 2.43. The quantitative estimate of drug-likeness (QED) is 0.781. The molecule has 1 aliphatic heterocycles. The Labute approximate surface area is 125 Å². The number of alkyl halides is 1. The molecule has 1 fully saturated rings. The van der Waals surface area contributed by atoms with Gasteiger partial charge in [-0.1, -0.05) is 54.0 Å². The largest absolute Gasteiger partial charge is 0.374 e. The second-order valence-corrected chi connectivity index (χ2v) is 6.43. The molecule has 1 aliphatic rings. The highest BCUT2D eigenvalue weighted by molar-refractivity contribution is 9.09. The Morgan fingerprint density at radius 2 is 2.00 bits per heavy atom. The zero-order valence-corrected chi connectivity index (χ0v) is 13.7. The van der Waals surface area contributed by atoms with Crippen molar-refractivity contribution in [1.82, 2.24) is 4.90 Å². The van der Waals surface area contributed by atoms with Crippen LogP contribution in [0.4, 0.5) is 0 Å². The van der Waals surface area contributed by atoms with Gasteiger partial charge in [0.1, 0.15) is 0 Å². The van der Waals surface area contributed by atoms with E-state index in [-0.39, 0.29) is 0 Å². The highest BCUT2D eigenvalue weighted by Gasteiger charge is 2.25. The van der Waals surface area contributed by atoms with Crippen molar-refractivity contribution in [1.29, 1.82) is 0 Å². The average molecular weight is 326 g/mol. The Morgan fingerprint density at radius 3 is 2.58 bits per heavy atom. The minimum atomic E-state index is 0.325. The summed E-state index contributed by atoms with van der Waals surface area (Å²) in [4.78, 5) is 2.51. The van der Waals surface area contributed by atoms with Crippen molar-refractivity contribution >= 4 is 15.9 Å². The van der Waals surface area contributed by atoms with Gasteiger partial charge in [0.15, 0.2) is 0 Å². The summed E-state index contributed by atoms with van der Waals surface area (Å²) in [6.07, 6.45) is 0.325. The van der Waals surface area contributed by atoms with Crippen LogP contribution in [-0.4, -0.2) is 35.5 Å². The van der Waals surface area contributed by atoms with Crippen LogP contribution < -0.4 is 0 Å². The number of nitrogens with zero attached hydrogens (tertiary/aromatic N) is 1. The van der Waals surface area contributed by atoms with Gasteiger partial charge in [0.2, 0.25) is 0 Å². The summed E-state index contributed by atoms with van der Waals surface area (Å²) in [7, 11) is 0. The molecular weight excluding hydrogens is 302 g/mol. The molecule has 1 aromatic carbocycles. The number of halogens is 1. The van der Waals surface area contributed by atoms with Gasteiger partial charge in [-0.3, -0.25) is 4.90 Å². The highest BCUT2D eigenvalue weighted by atomic mass is 79.9. The number of hydrogen-bond donors (Lipinski definition) is 0. The van der Waals surface area contributed by atoms with Gasteiger partial charge in [0, 0.05) is 24.5 Å². The fourth-order valence-corrected chi connectivity index (χ4v) is 2.82. The molecular formula is C16H24BrNO. The number of rotatable bonds is 4. The number of hydrogen-bond acceptors (Lipinski definition) is 2. The van der Waals surface area contributed by atoms with E-state index in [9.17, 15) is 0 Å². The molecule has 0 radical (unpaired) electrons. The van der Waals surface area contributed by atoms with Crippen LogP contribution in [0.2, 0.25) is 0 Å². The van der Waals surface area contributed by atoms with Crippen molar-refractivity contribution in [3.05, 3.63) is 35.4 Å². The average Bonchev–Trinajstić information content (AvgIpc) is 2.42. The maximum atomic E-state index is 5.77. The van der Waals surface area contributed by atoms with E-state index < -0.39 is 0 Å². The van der Waals surface area contributed by atoms with Crippen molar-refractivity contribution in [2.75, 3.05) is 18.5 Å². The Hall–Kier alpha value is -0.380. The Balaban J connectivity index is 1.99. The second kappa shape index (κ2) is 6.87. The summed E-state index contributed by atoms with van der Waals surface area (Å²) in [5, 5.41) is 0.919. The summed E-state index contributed by atoms with van der Waals surface area (Å²) >= 11 is 3.52. The minimum Gasteiger partial charge on any atom is -0.374 e. The smallest absolute Gasteiger partial charge is 0.0799 e. The molecule has 0 bridgehead atoms. The molecule has 2 atom stereocenters. The van der Waals surface area contributed by atoms with E-state index in [0.717, 1.165) is 25.0 Å². The lowest BCUT2D eigenvalue weighted by atomic mass is 10.0. The van der Waals surface area contributed by atoms with E-state index >= 15 is 0 Å². The first-order valence-corrected chi connectivity index (χ1v) is 8.22. The van der Waals surface area contributed by atoms with Crippen LogP contribution in [0.15, 0.2) is 24.3 Å². The van der Waals surface area contributed by atoms with Gasteiger partial charge in [-0.15, -0.1) is 0 Å². The summed E-state index contributed by atoms with van der Waals surface area (Å²) in [5.74, 6) is 0.606. The molecule has 1 saturated heterocycles. The zero-order chi connectivity index (χ0) is 13.8. The maximum Gasteiger partial charge on any atom is 0.0799 e. The van der Waals surface area contributed by atoms with Crippen LogP contribution >= 0.6 is 15.9 Å². The van der Waals surface area contributed by atoms with Crippen molar-refractivity contribution in [3.63, 3.8) is 0 Å². The van der Waals surface area contributed by atoms with Crippen molar-refractivity contribution < 1.29 is 4.74 Å². The van der Waals surface area contributed by atoms with E-state index in [4.69, 9.17) is 4.74 Å². The first-order valence-electron chi connectivity index (χ1n) is 7.10. The van der Waals surface area contributed by atoms with Gasteiger partial charge in [-0.2, -0.15) is 0 Å². The maximum absolute atomic E-state index is 5.77. The first-order chi connectivity index (χ1) is 9.10. The molecule has 2 rings (SSSR count). The molecule has 2 unspecified atom stereocenters. The lowest BCUT2D eigenvalue weighted by molar-refractivity contribution is -0.0499. The van der Waals surface area contributed by atoms with E-state index in [0.29, 0.717) is 18.1 Å². The number of ether oxygens (including phenoxy) is 1. The third kappa shape index (κ3) is 4.04. The minimum absolute atomic E-state index is 0.325. The van der Waals surface area contributed by atoms with E-state index in [1.165, 1.54) is 11.1 Å². The molecule has 0 spiro atoms. The van der Waals surface area contributed by atoms with E-state index in [2.05, 4.69) is 65.9 Å². The van der Waals surface area contributed by atoms with E-state index in [1.54, 1.807) is 0 Å². The number of benzene rings is 1. The second-order valence-electron chi connectivity index (χ2n) is 5.78. The van der Waals surface area contributed by atoms with Crippen molar-refractivity contribution in [2.24, 2.45) is 0 Å². The monoisotopic (exact) mass is 325 g/mol. The highest BCUT2D eigenvalue weighted by Crippen LogP contribution is 2.19. The summed E-state index contributed by atoms with van der Waals surface area (Å²) in [5.41, 5.74) is 2.81. The van der Waals surface area contributed by atoms with Gasteiger partial charge in [0.05, 0.1) is 12.7 Å². The van der Waals surface area contributed by atoms with Gasteiger partial charge >= 0.3 is 0 Å². The summed E-state index contributed by atoms with van der Waals surface area (Å²) < 4.78 is 5.77. The predicted molar refractivity (Wildman–Crippen MR) is 83.9 cm³/mol. The van der Waals surface area contributed by atoms with Gasteiger partial charge < -0.3 is 4.74 Å². The van der Waals surface area contributed by atoms with Gasteiger partial charge in [-0.05, 0) is 24.0 Å². The van der Waals surface area contributed by atoms with Crippen LogP contribution in [0, 0.1) is 0 Å². The van der Waals surface area contributed by atoms with Gasteiger partial charge in [-0.25, -0.2) is 0 Å². The molecule has 3 heteroatoms. The summed E-state index contributed by atoms with van der Waals surface area (Å²) in [6, 6.07) is 9.54. The predicted octanol–water partition coefficient (Wildman–Crippen LogP) is 3.79. The van der Waals surface area contributed by atoms with Crippen LogP contribution in [-0.2, 0) is 11.3 Å². The van der Waals surface area contributed by atoms with Gasteiger partial charge in [0.25, 0.3) is 0 Å². The molecule has 1 aromatic rings. The van der Waals surface area contributed by atoms with Crippen LogP contribution in [0.3, 0.4) is 0 Å². The first kappa shape index (κ1) is 15.0. The Kier molecular flexibility index (Phi) is 5.43. The van der Waals surface area contributed by atoms with Crippen LogP contribution in [0.5, 0.6) is 0 Å². The Bertz CT molecular complexity index is 390. The molecule has 0 N–H and O–H groups in total. The third-order valence-corrected chi connectivity index (χ3v) is 4.56. The summed E-state index contributed by atoms with van der Waals surface area (Å²) in [6.45, 7) is 9.58. The van der Waals surface area contributed by atoms with Crippen molar-refractivity contribution in [2.45, 2.75) is 45.4 Å². The molecule has 2 nitrogen and oxygen atoms in total. The molecule has 1 heterocycles. The topological polar surface area (TPSA) is 12.5 Å². The lowest BCUT2D eigenvalue weighted by Crippen LogP contribution is -2.48. The molecule has 106 valence electrons. The van der Waals surface area contributed by atoms with E-state index in [1.807, 2.05) is 0 Å². The lowest BCUT2D eigenvalue weighted by Gasteiger charge is -2.37. The normalized spacial score (nSPS) is 24.9. The zero-order valence-electron chi connectivity index (χ0n) is 12.1. The molecule has 0 aromatic heterocycles. The standard InChI is InChI=1S/C16H24BrNO/c1-12(2)15-6-4-14(5-7-15)9-18-10-16(8-17)19-11-13(18)3/h4-7,12-13,16H,8-11H2,1-3H3. The molecule has 0 saturated carbocycles. The van der Waals surface area contributed by atoms with Crippen LogP contribution in [0.25, 0.3) is 0 Å². The molecule has 19 heavy (non-hydrogen) atoms. The number of morpholine rings is 1. The SMILES string of the molecule is CC(C)c1ccc(CN2CC(CBr)OCC2C)cc1. The van der Waals surface area contributed by atoms with Crippen LogP contribution in [0.1, 0.15) is 37.8 Å². The molecule has 0 aliphatic carbocycles. The molecule has 0 amide bonds. The fraction of sp³-hybridized carbons (Fsp3) is 0.625. The Morgan fingerprint density at radius 1 is 1.32 bits per heavy atom. The third-order valence-electron chi connectivity index (χ3n) is 3.84. The van der Waals surface area contributed by atoms with Crippen molar-refractivity contribution in [3.8, 4) is 0 Å².